The summed E-state index contributed by atoms with van der Waals surface area (Å²) in [6.45, 7) is 0. The number of benzene rings is 2. The maximum Gasteiger partial charge on any atom is 2.00 e. The molecule has 0 saturated carbocycles. The Balaban J connectivity index is 0.000000403. The SMILES string of the molecule is O=S(=O)([O-])c1cccc(Br)c1.O=S(=O)([O-])c1cccc(Br)c1.[Zn+2]. The maximum absolute atomic E-state index is 10.4. The van der Waals surface area contributed by atoms with Crippen LogP contribution in [0.3, 0.4) is 0 Å². The Bertz CT molecular complexity index is 795. The van der Waals surface area contributed by atoms with E-state index in [1.807, 2.05) is 0 Å². The Morgan fingerprint density at radius 3 is 1.17 bits per heavy atom. The monoisotopic (exact) mass is 534 g/mol. The van der Waals surface area contributed by atoms with Gasteiger partial charge >= 0.3 is 19.5 Å². The first-order chi connectivity index (χ1) is 10.00. The van der Waals surface area contributed by atoms with Gasteiger partial charge in [-0.15, -0.1) is 0 Å². The van der Waals surface area contributed by atoms with Crippen LogP contribution >= 0.6 is 31.9 Å². The average Bonchev–Trinajstić information content (AvgIpc) is 2.37. The average molecular weight is 538 g/mol. The van der Waals surface area contributed by atoms with Crippen molar-refractivity contribution in [2.45, 2.75) is 9.79 Å². The second-order valence-electron chi connectivity index (χ2n) is 3.82. The molecule has 0 aliphatic carbocycles. The molecule has 0 fully saturated rings. The van der Waals surface area contributed by atoms with Crippen LogP contribution < -0.4 is 0 Å². The van der Waals surface area contributed by atoms with Crippen LogP contribution in [-0.4, -0.2) is 25.9 Å². The van der Waals surface area contributed by atoms with Gasteiger partial charge in [0.15, 0.2) is 0 Å². The quantitative estimate of drug-likeness (QED) is 0.430. The molecule has 0 aliphatic rings. The fourth-order valence-corrected chi connectivity index (χ4v) is 3.38. The van der Waals surface area contributed by atoms with Crippen LogP contribution in [0.5, 0.6) is 0 Å². The second-order valence-corrected chi connectivity index (χ2v) is 8.41. The summed E-state index contributed by atoms with van der Waals surface area (Å²) in [5, 5.41) is 0. The van der Waals surface area contributed by atoms with Crippen LogP contribution in [-0.2, 0) is 39.7 Å². The van der Waals surface area contributed by atoms with E-state index in [0.29, 0.717) is 8.95 Å². The minimum atomic E-state index is -4.31. The van der Waals surface area contributed by atoms with Crippen LogP contribution in [0.25, 0.3) is 0 Å². The Morgan fingerprint density at radius 1 is 0.696 bits per heavy atom. The molecule has 6 nitrogen and oxygen atoms in total. The van der Waals surface area contributed by atoms with Crippen molar-refractivity contribution >= 4 is 52.1 Å². The van der Waals surface area contributed by atoms with Gasteiger partial charge in [-0.1, -0.05) is 44.0 Å². The van der Waals surface area contributed by atoms with E-state index in [2.05, 4.69) is 31.9 Å². The largest absolute Gasteiger partial charge is 2.00 e. The van der Waals surface area contributed by atoms with Crippen LogP contribution in [0.4, 0.5) is 0 Å². The fourth-order valence-electron chi connectivity index (χ4n) is 1.25. The minimum Gasteiger partial charge on any atom is -0.744 e. The first kappa shape index (κ1) is 22.8. The van der Waals surface area contributed by atoms with Crippen molar-refractivity contribution in [2.75, 3.05) is 0 Å². The summed E-state index contributed by atoms with van der Waals surface area (Å²) in [4.78, 5) is -0.432. The maximum atomic E-state index is 10.4. The molecule has 0 aliphatic heterocycles. The molecule has 0 saturated heterocycles. The molecular weight excluding hydrogens is 529 g/mol. The van der Waals surface area contributed by atoms with Crippen molar-refractivity contribution in [3.8, 4) is 0 Å². The van der Waals surface area contributed by atoms with Crippen LogP contribution in [0, 0.1) is 0 Å². The number of hydrogen-bond donors (Lipinski definition) is 0. The van der Waals surface area contributed by atoms with Gasteiger partial charge in [-0.05, 0) is 36.4 Å². The summed E-state index contributed by atoms with van der Waals surface area (Å²) < 4.78 is 63.6. The molecule has 0 amide bonds. The fraction of sp³-hybridized carbons (Fsp3) is 0. The molecule has 2 aromatic rings. The molecular formula is C12H8Br2O6S2Zn. The third-order valence-electron chi connectivity index (χ3n) is 2.17. The minimum absolute atomic E-state index is 0. The number of hydrogen-bond acceptors (Lipinski definition) is 6. The van der Waals surface area contributed by atoms with Gasteiger partial charge in [-0.2, -0.15) is 0 Å². The van der Waals surface area contributed by atoms with E-state index < -0.39 is 20.2 Å². The predicted octanol–water partition coefficient (Wildman–Crippen LogP) is 2.70. The number of rotatable bonds is 2. The summed E-state index contributed by atoms with van der Waals surface area (Å²) in [6.07, 6.45) is 0. The summed E-state index contributed by atoms with van der Waals surface area (Å²) in [5.41, 5.74) is 0. The van der Waals surface area contributed by atoms with Gasteiger partial charge in [-0.25, -0.2) is 16.8 Å². The van der Waals surface area contributed by atoms with Gasteiger partial charge in [0.2, 0.25) is 0 Å². The van der Waals surface area contributed by atoms with Crippen LogP contribution in [0.1, 0.15) is 0 Å². The van der Waals surface area contributed by atoms with E-state index >= 15 is 0 Å². The van der Waals surface area contributed by atoms with Crippen molar-refractivity contribution in [3.05, 3.63) is 57.5 Å². The zero-order valence-electron chi connectivity index (χ0n) is 11.3. The van der Waals surface area contributed by atoms with Crippen molar-refractivity contribution in [1.82, 2.24) is 0 Å². The molecule has 23 heavy (non-hydrogen) atoms. The van der Waals surface area contributed by atoms with Gasteiger partial charge in [0.1, 0.15) is 20.2 Å². The molecule has 0 N–H and O–H groups in total. The molecule has 0 heterocycles. The Hall–Kier alpha value is -0.157. The van der Waals surface area contributed by atoms with Crippen molar-refractivity contribution < 1.29 is 45.4 Å². The topological polar surface area (TPSA) is 114 Å². The molecule has 2 aromatic carbocycles. The zero-order valence-corrected chi connectivity index (χ0v) is 19.1. The molecule has 0 radical (unpaired) electrons. The van der Waals surface area contributed by atoms with E-state index in [4.69, 9.17) is 0 Å². The normalized spacial score (nSPS) is 11.0. The third-order valence-corrected chi connectivity index (χ3v) is 4.82. The standard InChI is InChI=1S/2C6H5BrO3S.Zn/c2*7-5-2-1-3-6(4-5)11(8,9)10;/h2*1-4H,(H,8,9,10);/q;;+2/p-2. The van der Waals surface area contributed by atoms with Crippen molar-refractivity contribution in [1.29, 1.82) is 0 Å². The summed E-state index contributed by atoms with van der Waals surface area (Å²) in [6, 6.07) is 11.3. The van der Waals surface area contributed by atoms with E-state index in [9.17, 15) is 25.9 Å². The molecule has 0 unspecified atom stereocenters. The number of halogens is 2. The Kier molecular flexibility index (Phi) is 9.30. The molecule has 11 heteroatoms. The first-order valence-electron chi connectivity index (χ1n) is 5.43. The van der Waals surface area contributed by atoms with Gasteiger partial charge in [0.05, 0.1) is 9.79 Å². The summed E-state index contributed by atoms with van der Waals surface area (Å²) in [5.74, 6) is 0. The summed E-state index contributed by atoms with van der Waals surface area (Å²) >= 11 is 6.10. The Morgan fingerprint density at radius 2 is 1.00 bits per heavy atom. The molecule has 0 atom stereocenters. The van der Waals surface area contributed by atoms with Crippen molar-refractivity contribution in [3.63, 3.8) is 0 Å². The van der Waals surface area contributed by atoms with Gasteiger partial charge in [0.25, 0.3) is 0 Å². The molecule has 120 valence electrons. The zero-order chi connectivity index (χ0) is 17.0. The second kappa shape index (κ2) is 9.36. The van der Waals surface area contributed by atoms with Crippen molar-refractivity contribution in [2.24, 2.45) is 0 Å². The van der Waals surface area contributed by atoms with E-state index in [1.165, 1.54) is 36.4 Å². The third kappa shape index (κ3) is 8.48. The molecule has 0 bridgehead atoms. The molecule has 0 aromatic heterocycles. The van der Waals surface area contributed by atoms with E-state index in [1.54, 1.807) is 12.1 Å². The van der Waals surface area contributed by atoms with Gasteiger partial charge in [-0.3, -0.25) is 0 Å². The Labute approximate surface area is 163 Å². The van der Waals surface area contributed by atoms with Gasteiger partial charge in [0, 0.05) is 8.95 Å². The van der Waals surface area contributed by atoms with E-state index in [-0.39, 0.29) is 29.3 Å². The molecule has 2 rings (SSSR count). The first-order valence-corrected chi connectivity index (χ1v) is 9.83. The smallest absolute Gasteiger partial charge is 0.744 e. The predicted molar refractivity (Wildman–Crippen MR) is 84.2 cm³/mol. The van der Waals surface area contributed by atoms with E-state index in [0.717, 1.165) is 0 Å². The van der Waals surface area contributed by atoms with Crippen LogP contribution in [0.2, 0.25) is 0 Å². The van der Waals surface area contributed by atoms with Gasteiger partial charge < -0.3 is 9.11 Å². The van der Waals surface area contributed by atoms with Crippen LogP contribution in [0.15, 0.2) is 67.3 Å². The summed E-state index contributed by atoms with van der Waals surface area (Å²) in [7, 11) is -8.61. The molecule has 0 spiro atoms.